The van der Waals surface area contributed by atoms with E-state index in [4.69, 9.17) is 16.7 Å². The summed E-state index contributed by atoms with van der Waals surface area (Å²) in [5, 5.41) is 7.62. The Hall–Kier alpha value is -1.35. The van der Waals surface area contributed by atoms with Crippen molar-refractivity contribution in [3.05, 3.63) is 34.4 Å². The quantitative estimate of drug-likeness (QED) is 0.664. The zero-order valence-electron chi connectivity index (χ0n) is 10.1. The molecule has 0 bridgehead atoms. The zero-order chi connectivity index (χ0) is 13.2. The molecule has 92 valence electrons. The zero-order valence-corrected chi connectivity index (χ0v) is 10.8. The Bertz CT molecular complexity index is 443. The summed E-state index contributed by atoms with van der Waals surface area (Å²) in [6.45, 7) is 5.61. The monoisotopic (exact) mass is 254 g/mol. The summed E-state index contributed by atoms with van der Waals surface area (Å²) in [5.74, 6) is -1.38. The SMILES string of the molecule is Cc1cc(C)c(C(=O)C(Cl)CC(=O)O)c(C)c1. The molecular formula is C13H15ClO3. The van der Waals surface area contributed by atoms with Gasteiger partial charge in [0, 0.05) is 5.56 Å². The lowest BCUT2D eigenvalue weighted by Gasteiger charge is -2.12. The molecule has 0 saturated carbocycles. The molecule has 0 amide bonds. The fourth-order valence-electron chi connectivity index (χ4n) is 1.97. The maximum atomic E-state index is 12.0. The molecule has 1 rings (SSSR count). The van der Waals surface area contributed by atoms with Crippen LogP contribution in [0.4, 0.5) is 0 Å². The van der Waals surface area contributed by atoms with Crippen LogP contribution in [-0.4, -0.2) is 22.2 Å². The van der Waals surface area contributed by atoms with E-state index in [9.17, 15) is 9.59 Å². The molecular weight excluding hydrogens is 240 g/mol. The maximum Gasteiger partial charge on any atom is 0.305 e. The summed E-state index contributed by atoms with van der Waals surface area (Å²) >= 11 is 5.81. The molecule has 1 unspecified atom stereocenters. The van der Waals surface area contributed by atoms with Crippen molar-refractivity contribution in [2.75, 3.05) is 0 Å². The van der Waals surface area contributed by atoms with Gasteiger partial charge in [-0.2, -0.15) is 0 Å². The Morgan fingerprint density at radius 3 is 2.12 bits per heavy atom. The molecule has 0 aliphatic carbocycles. The van der Waals surface area contributed by atoms with Crippen molar-refractivity contribution in [3.8, 4) is 0 Å². The van der Waals surface area contributed by atoms with Crippen LogP contribution in [0, 0.1) is 20.8 Å². The van der Waals surface area contributed by atoms with Gasteiger partial charge in [-0.3, -0.25) is 9.59 Å². The molecule has 1 N–H and O–H groups in total. The predicted molar refractivity (Wildman–Crippen MR) is 66.9 cm³/mol. The molecule has 0 fully saturated rings. The number of hydrogen-bond donors (Lipinski definition) is 1. The van der Waals surface area contributed by atoms with Crippen LogP contribution in [0.15, 0.2) is 12.1 Å². The third-order valence-corrected chi connectivity index (χ3v) is 2.91. The van der Waals surface area contributed by atoms with Crippen molar-refractivity contribution >= 4 is 23.4 Å². The summed E-state index contributed by atoms with van der Waals surface area (Å²) in [5.41, 5.74) is 3.28. The van der Waals surface area contributed by atoms with Gasteiger partial charge in [0.1, 0.15) is 5.38 Å². The van der Waals surface area contributed by atoms with Crippen LogP contribution in [0.5, 0.6) is 0 Å². The fourth-order valence-corrected chi connectivity index (χ4v) is 2.21. The molecule has 0 aliphatic heterocycles. The van der Waals surface area contributed by atoms with Crippen LogP contribution in [0.3, 0.4) is 0 Å². The number of ketones is 1. The molecule has 0 radical (unpaired) electrons. The van der Waals surface area contributed by atoms with Crippen LogP contribution < -0.4 is 0 Å². The molecule has 1 aromatic carbocycles. The Morgan fingerprint density at radius 1 is 1.24 bits per heavy atom. The van der Waals surface area contributed by atoms with Crippen molar-refractivity contribution < 1.29 is 14.7 Å². The van der Waals surface area contributed by atoms with Gasteiger partial charge in [-0.25, -0.2) is 0 Å². The highest BCUT2D eigenvalue weighted by Gasteiger charge is 2.23. The highest BCUT2D eigenvalue weighted by atomic mass is 35.5. The highest BCUT2D eigenvalue weighted by Crippen LogP contribution is 2.21. The van der Waals surface area contributed by atoms with E-state index in [2.05, 4.69) is 0 Å². The maximum absolute atomic E-state index is 12.0. The molecule has 0 spiro atoms. The fraction of sp³-hybridized carbons (Fsp3) is 0.385. The number of hydrogen-bond acceptors (Lipinski definition) is 2. The minimum absolute atomic E-state index is 0.316. The third-order valence-electron chi connectivity index (χ3n) is 2.56. The van der Waals surface area contributed by atoms with E-state index in [0.29, 0.717) is 5.56 Å². The number of aliphatic carboxylic acids is 1. The van der Waals surface area contributed by atoms with Gasteiger partial charge in [0.25, 0.3) is 0 Å². The van der Waals surface area contributed by atoms with E-state index in [1.807, 2.05) is 32.9 Å². The predicted octanol–water partition coefficient (Wildman–Crippen LogP) is 2.88. The van der Waals surface area contributed by atoms with Crippen molar-refractivity contribution in [2.24, 2.45) is 0 Å². The Kier molecular flexibility index (Phi) is 4.29. The van der Waals surface area contributed by atoms with E-state index in [0.717, 1.165) is 16.7 Å². The van der Waals surface area contributed by atoms with Crippen LogP contribution in [0.25, 0.3) is 0 Å². The van der Waals surface area contributed by atoms with E-state index >= 15 is 0 Å². The average molecular weight is 255 g/mol. The lowest BCUT2D eigenvalue weighted by atomic mass is 9.94. The Balaban J connectivity index is 3.08. The van der Waals surface area contributed by atoms with Crippen LogP contribution in [-0.2, 0) is 4.79 Å². The van der Waals surface area contributed by atoms with Crippen molar-refractivity contribution in [1.29, 1.82) is 0 Å². The standard InChI is InChI=1S/C13H15ClO3/c1-7-4-8(2)12(9(3)5-7)13(17)10(14)6-11(15)16/h4-5,10H,6H2,1-3H3,(H,15,16). The molecule has 4 heteroatoms. The Labute approximate surface area is 105 Å². The number of carboxylic acid groups (broad SMARTS) is 1. The number of carbonyl (C=O) groups is 2. The van der Waals surface area contributed by atoms with Crippen LogP contribution >= 0.6 is 11.6 Å². The van der Waals surface area contributed by atoms with Gasteiger partial charge < -0.3 is 5.11 Å². The lowest BCUT2D eigenvalue weighted by Crippen LogP contribution is -2.20. The van der Waals surface area contributed by atoms with Gasteiger partial charge in [0.2, 0.25) is 0 Å². The summed E-state index contributed by atoms with van der Waals surface area (Å²) in [6.07, 6.45) is -0.354. The molecule has 1 aromatic rings. The van der Waals surface area contributed by atoms with E-state index < -0.39 is 11.3 Å². The number of aryl methyl sites for hydroxylation is 3. The van der Waals surface area contributed by atoms with Gasteiger partial charge in [-0.1, -0.05) is 17.7 Å². The summed E-state index contributed by atoms with van der Waals surface area (Å²) in [7, 11) is 0. The smallest absolute Gasteiger partial charge is 0.305 e. The van der Waals surface area contributed by atoms with Crippen LogP contribution in [0.2, 0.25) is 0 Å². The highest BCUT2D eigenvalue weighted by molar-refractivity contribution is 6.35. The first-order chi connectivity index (χ1) is 7.82. The molecule has 17 heavy (non-hydrogen) atoms. The second kappa shape index (κ2) is 5.32. The third kappa shape index (κ3) is 3.30. The number of carbonyl (C=O) groups excluding carboxylic acids is 1. The van der Waals surface area contributed by atoms with E-state index in [-0.39, 0.29) is 12.2 Å². The molecule has 0 aliphatic rings. The second-order valence-electron chi connectivity index (χ2n) is 4.20. The summed E-state index contributed by atoms with van der Waals surface area (Å²) in [6, 6.07) is 3.79. The number of carboxylic acids is 1. The minimum Gasteiger partial charge on any atom is -0.481 e. The number of rotatable bonds is 4. The van der Waals surface area contributed by atoms with Gasteiger partial charge in [0.05, 0.1) is 6.42 Å². The minimum atomic E-state index is -1.07. The van der Waals surface area contributed by atoms with Crippen LogP contribution in [0.1, 0.15) is 33.5 Å². The number of alkyl halides is 1. The molecule has 0 heterocycles. The van der Waals surface area contributed by atoms with Gasteiger partial charge in [-0.15, -0.1) is 11.6 Å². The molecule has 1 atom stereocenters. The Morgan fingerprint density at radius 2 is 1.71 bits per heavy atom. The lowest BCUT2D eigenvalue weighted by molar-refractivity contribution is -0.136. The van der Waals surface area contributed by atoms with Gasteiger partial charge in [0.15, 0.2) is 5.78 Å². The van der Waals surface area contributed by atoms with E-state index in [1.165, 1.54) is 0 Å². The topological polar surface area (TPSA) is 54.4 Å². The molecule has 3 nitrogen and oxygen atoms in total. The van der Waals surface area contributed by atoms with Gasteiger partial charge in [-0.05, 0) is 31.9 Å². The molecule has 0 saturated heterocycles. The summed E-state index contributed by atoms with van der Waals surface area (Å²) < 4.78 is 0. The van der Waals surface area contributed by atoms with Crippen molar-refractivity contribution in [2.45, 2.75) is 32.6 Å². The van der Waals surface area contributed by atoms with Gasteiger partial charge >= 0.3 is 5.97 Å². The second-order valence-corrected chi connectivity index (χ2v) is 4.73. The first-order valence-electron chi connectivity index (χ1n) is 5.31. The molecule has 0 aromatic heterocycles. The van der Waals surface area contributed by atoms with E-state index in [1.54, 1.807) is 0 Å². The number of benzene rings is 1. The number of Topliss-reactive ketones (excluding diaryl/α,β-unsaturated/α-hetero) is 1. The summed E-state index contributed by atoms with van der Waals surface area (Å²) in [4.78, 5) is 22.6. The number of halogens is 1. The normalized spacial score (nSPS) is 12.2. The van der Waals surface area contributed by atoms with Crippen molar-refractivity contribution in [1.82, 2.24) is 0 Å². The first-order valence-corrected chi connectivity index (χ1v) is 5.74. The average Bonchev–Trinajstić information content (AvgIpc) is 2.14. The van der Waals surface area contributed by atoms with Crippen molar-refractivity contribution in [3.63, 3.8) is 0 Å². The first kappa shape index (κ1) is 13.7. The largest absolute Gasteiger partial charge is 0.481 e.